The largest absolute Gasteiger partial charge is 0.481 e. The minimum absolute atomic E-state index is 0.0666. The van der Waals surface area contributed by atoms with Crippen LogP contribution in [-0.2, 0) is 4.79 Å². The lowest BCUT2D eigenvalue weighted by atomic mass is 9.85. The predicted octanol–water partition coefficient (Wildman–Crippen LogP) is 5.15. The molecular formula is C26H24FN5O3. The summed E-state index contributed by atoms with van der Waals surface area (Å²) in [6.07, 6.45) is 7.14. The smallest absolute Gasteiger partial charge is 0.303 e. The molecule has 2 N–H and O–H groups in total. The molecule has 1 aliphatic rings. The monoisotopic (exact) mass is 473 g/mol. The van der Waals surface area contributed by atoms with E-state index in [1.807, 2.05) is 24.3 Å². The van der Waals surface area contributed by atoms with E-state index in [2.05, 4.69) is 25.1 Å². The van der Waals surface area contributed by atoms with Crippen LogP contribution in [0.15, 0.2) is 60.9 Å². The van der Waals surface area contributed by atoms with E-state index in [9.17, 15) is 9.18 Å². The zero-order valence-electron chi connectivity index (χ0n) is 18.9. The maximum atomic E-state index is 13.1. The van der Waals surface area contributed by atoms with Gasteiger partial charge in [-0.15, -0.1) is 0 Å². The Labute approximate surface area is 201 Å². The minimum Gasteiger partial charge on any atom is -0.481 e. The van der Waals surface area contributed by atoms with Gasteiger partial charge in [0.25, 0.3) is 0 Å². The van der Waals surface area contributed by atoms with Crippen molar-refractivity contribution >= 4 is 5.97 Å². The highest BCUT2D eigenvalue weighted by Gasteiger charge is 2.24. The zero-order chi connectivity index (χ0) is 24.2. The van der Waals surface area contributed by atoms with Crippen LogP contribution in [0.1, 0.15) is 32.1 Å². The van der Waals surface area contributed by atoms with Crippen LogP contribution in [0.5, 0.6) is 5.88 Å². The number of aliphatic carboxylic acids is 1. The maximum Gasteiger partial charge on any atom is 0.303 e. The van der Waals surface area contributed by atoms with Gasteiger partial charge in [-0.1, -0.05) is 0 Å². The van der Waals surface area contributed by atoms with E-state index in [1.54, 1.807) is 24.5 Å². The van der Waals surface area contributed by atoms with Crippen molar-refractivity contribution in [1.29, 1.82) is 0 Å². The van der Waals surface area contributed by atoms with Crippen molar-refractivity contribution in [3.05, 3.63) is 66.7 Å². The average molecular weight is 474 g/mol. The fourth-order valence-corrected chi connectivity index (χ4v) is 4.30. The van der Waals surface area contributed by atoms with Crippen LogP contribution in [0.2, 0.25) is 0 Å². The Hall–Kier alpha value is -4.14. The minimum atomic E-state index is -0.733. The number of pyridine rings is 2. The summed E-state index contributed by atoms with van der Waals surface area (Å²) in [7, 11) is 0. The van der Waals surface area contributed by atoms with E-state index in [4.69, 9.17) is 9.84 Å². The number of nitrogens with zero attached hydrogens (tertiary/aromatic N) is 4. The van der Waals surface area contributed by atoms with Crippen molar-refractivity contribution in [1.82, 2.24) is 25.1 Å². The summed E-state index contributed by atoms with van der Waals surface area (Å²) in [6.45, 7) is 0. The molecule has 0 atom stereocenters. The fraction of sp³-hybridized carbons (Fsp3) is 0.269. The zero-order valence-corrected chi connectivity index (χ0v) is 18.9. The van der Waals surface area contributed by atoms with E-state index in [-0.39, 0.29) is 24.3 Å². The van der Waals surface area contributed by atoms with Crippen LogP contribution in [-0.4, -0.2) is 42.3 Å². The number of benzene rings is 1. The van der Waals surface area contributed by atoms with E-state index in [0.29, 0.717) is 17.5 Å². The Bertz CT molecular complexity index is 1280. The molecule has 1 aliphatic carbocycles. The topological polar surface area (TPSA) is 114 Å². The SMILES string of the molecule is O=C(O)CC1CCC(Oc2ccc(-c3ccc(-c4n[nH]c(-c5ccc(F)cc5)n4)cn3)cn2)CC1. The highest BCUT2D eigenvalue weighted by molar-refractivity contribution is 5.67. The summed E-state index contributed by atoms with van der Waals surface area (Å²) in [5.74, 6) is 0.817. The molecular weight excluding hydrogens is 449 g/mol. The molecule has 0 amide bonds. The van der Waals surface area contributed by atoms with E-state index < -0.39 is 5.97 Å². The first-order chi connectivity index (χ1) is 17.0. The highest BCUT2D eigenvalue weighted by Crippen LogP contribution is 2.30. The molecule has 5 rings (SSSR count). The molecule has 0 bridgehead atoms. The van der Waals surface area contributed by atoms with Gasteiger partial charge in [-0.2, -0.15) is 5.10 Å². The first-order valence-corrected chi connectivity index (χ1v) is 11.5. The lowest BCUT2D eigenvalue weighted by Crippen LogP contribution is -2.25. The van der Waals surface area contributed by atoms with Gasteiger partial charge in [0.05, 0.1) is 5.69 Å². The average Bonchev–Trinajstić information content (AvgIpc) is 3.36. The van der Waals surface area contributed by atoms with Crippen LogP contribution in [0.4, 0.5) is 4.39 Å². The molecule has 8 nitrogen and oxygen atoms in total. The Morgan fingerprint density at radius 2 is 1.66 bits per heavy atom. The number of aromatic amines is 1. The second-order valence-corrected chi connectivity index (χ2v) is 8.69. The van der Waals surface area contributed by atoms with Crippen molar-refractivity contribution in [3.8, 4) is 39.9 Å². The van der Waals surface area contributed by atoms with Crippen molar-refractivity contribution in [2.45, 2.75) is 38.2 Å². The molecule has 0 saturated heterocycles. The number of carboxylic acids is 1. The molecule has 3 heterocycles. The van der Waals surface area contributed by atoms with Crippen molar-refractivity contribution in [2.75, 3.05) is 0 Å². The number of H-pyrrole nitrogens is 1. The molecule has 0 aliphatic heterocycles. The molecule has 1 saturated carbocycles. The molecule has 0 spiro atoms. The van der Waals surface area contributed by atoms with Crippen molar-refractivity contribution < 1.29 is 19.0 Å². The summed E-state index contributed by atoms with van der Waals surface area (Å²) in [6, 6.07) is 13.6. The van der Waals surface area contributed by atoms with Crippen molar-refractivity contribution in [2.24, 2.45) is 5.92 Å². The van der Waals surface area contributed by atoms with E-state index >= 15 is 0 Å². The third kappa shape index (κ3) is 5.51. The molecule has 3 aromatic heterocycles. The number of nitrogens with one attached hydrogen (secondary N) is 1. The molecule has 35 heavy (non-hydrogen) atoms. The molecule has 1 aromatic carbocycles. The second-order valence-electron chi connectivity index (χ2n) is 8.69. The number of ether oxygens (including phenoxy) is 1. The summed E-state index contributed by atoms with van der Waals surface area (Å²) < 4.78 is 19.1. The first kappa shape index (κ1) is 22.6. The van der Waals surface area contributed by atoms with Crippen LogP contribution >= 0.6 is 0 Å². The molecule has 4 aromatic rings. The number of aromatic nitrogens is 5. The van der Waals surface area contributed by atoms with Crippen LogP contribution in [0, 0.1) is 11.7 Å². The van der Waals surface area contributed by atoms with Gasteiger partial charge in [0.15, 0.2) is 11.6 Å². The lowest BCUT2D eigenvalue weighted by molar-refractivity contribution is -0.138. The number of carbonyl (C=O) groups is 1. The number of hydrogen-bond acceptors (Lipinski definition) is 6. The maximum absolute atomic E-state index is 13.1. The van der Waals surface area contributed by atoms with Crippen LogP contribution in [0.25, 0.3) is 34.0 Å². The quantitative estimate of drug-likeness (QED) is 0.382. The lowest BCUT2D eigenvalue weighted by Gasteiger charge is -2.27. The Kier molecular flexibility index (Phi) is 6.47. The second kappa shape index (κ2) is 10.0. The Balaban J connectivity index is 1.20. The Morgan fingerprint density at radius 1 is 0.943 bits per heavy atom. The third-order valence-electron chi connectivity index (χ3n) is 6.20. The molecule has 178 valence electrons. The number of hydrogen-bond donors (Lipinski definition) is 2. The normalized spacial score (nSPS) is 17.7. The van der Waals surface area contributed by atoms with Gasteiger partial charge in [0, 0.05) is 41.6 Å². The molecule has 9 heteroatoms. The van der Waals surface area contributed by atoms with Gasteiger partial charge in [-0.25, -0.2) is 14.4 Å². The predicted molar refractivity (Wildman–Crippen MR) is 127 cm³/mol. The van der Waals surface area contributed by atoms with Crippen molar-refractivity contribution in [3.63, 3.8) is 0 Å². The standard InChI is InChI=1S/C26H24FN5O3/c27-20-7-3-17(4-8-20)25-30-26(32-31-25)19-5-11-22(28-15-19)18-6-12-23(29-14-18)35-21-9-1-16(2-10-21)13-24(33)34/h3-8,11-12,14-16,21H,1-2,9-10,13H2,(H,33,34)(H,30,31,32). The van der Waals surface area contributed by atoms with Gasteiger partial charge in [-0.05, 0) is 74.1 Å². The van der Waals surface area contributed by atoms with Gasteiger partial charge in [0.2, 0.25) is 5.88 Å². The van der Waals surface area contributed by atoms with Gasteiger partial charge < -0.3 is 9.84 Å². The molecule has 1 fully saturated rings. The van der Waals surface area contributed by atoms with Crippen LogP contribution < -0.4 is 4.74 Å². The van der Waals surface area contributed by atoms with Gasteiger partial charge in [-0.3, -0.25) is 14.9 Å². The molecule has 0 radical (unpaired) electrons. The van der Waals surface area contributed by atoms with Crippen LogP contribution in [0.3, 0.4) is 0 Å². The number of halogens is 1. The Morgan fingerprint density at radius 3 is 2.31 bits per heavy atom. The number of rotatable bonds is 7. The van der Waals surface area contributed by atoms with Gasteiger partial charge >= 0.3 is 5.97 Å². The summed E-state index contributed by atoms with van der Waals surface area (Å²) >= 11 is 0. The molecule has 0 unspecified atom stereocenters. The highest BCUT2D eigenvalue weighted by atomic mass is 19.1. The van der Waals surface area contributed by atoms with E-state index in [0.717, 1.165) is 48.1 Å². The summed E-state index contributed by atoms with van der Waals surface area (Å²) in [4.78, 5) is 24.3. The van der Waals surface area contributed by atoms with E-state index in [1.165, 1.54) is 12.1 Å². The van der Waals surface area contributed by atoms with Gasteiger partial charge in [0.1, 0.15) is 11.9 Å². The summed E-state index contributed by atoms with van der Waals surface area (Å²) in [5, 5.41) is 16.1. The fourth-order valence-electron chi connectivity index (χ4n) is 4.30. The third-order valence-corrected chi connectivity index (χ3v) is 6.20. The first-order valence-electron chi connectivity index (χ1n) is 11.5. The summed E-state index contributed by atoms with van der Waals surface area (Å²) in [5.41, 5.74) is 3.12. The number of carboxylic acid groups (broad SMARTS) is 1.